The summed E-state index contributed by atoms with van der Waals surface area (Å²) < 4.78 is 15.7. The summed E-state index contributed by atoms with van der Waals surface area (Å²) in [6.45, 7) is 1.35. The number of ketones is 1. The third-order valence-electron chi connectivity index (χ3n) is 5.13. The molecule has 0 amide bonds. The van der Waals surface area contributed by atoms with E-state index >= 15 is 0 Å². The molecule has 2 atom stereocenters. The molecule has 0 aliphatic rings. The zero-order valence-corrected chi connectivity index (χ0v) is 17.3. The first-order chi connectivity index (χ1) is 14.9. The van der Waals surface area contributed by atoms with E-state index < -0.39 is 28.5 Å². The molecule has 0 spiro atoms. The van der Waals surface area contributed by atoms with Crippen LogP contribution in [-0.4, -0.2) is 36.9 Å². The van der Waals surface area contributed by atoms with Crippen molar-refractivity contribution in [3.8, 4) is 5.75 Å². The third kappa shape index (κ3) is 5.09. The number of hydrogen-bond acceptors (Lipinski definition) is 7. The fourth-order valence-corrected chi connectivity index (χ4v) is 3.61. The maximum Gasteiger partial charge on any atom is 0.317 e. The quantitative estimate of drug-likeness (QED) is 0.157. The summed E-state index contributed by atoms with van der Waals surface area (Å²) in [5.74, 6) is -2.55. The molecule has 3 rings (SSSR count). The molecule has 0 fully saturated rings. The standard InChI is InChI=1S/C23H23NO7/c1-3-30-23(26)21(22(25)15-4-7-18(29-2)8-5-15)19(10-12-24(27)28)16-6-9-20-17(14-16)11-13-31-20/h4-9,11,13-14,19,21H,3,10,12H2,1-2H3. The lowest BCUT2D eigenvalue weighted by Gasteiger charge is -2.24. The van der Waals surface area contributed by atoms with Crippen LogP contribution in [0.1, 0.15) is 35.2 Å². The number of carbonyl (C=O) groups is 2. The number of rotatable bonds is 10. The fraction of sp³-hybridized carbons (Fsp3) is 0.304. The van der Waals surface area contributed by atoms with E-state index in [2.05, 4.69) is 0 Å². The molecule has 0 aliphatic heterocycles. The highest BCUT2D eigenvalue weighted by molar-refractivity contribution is 6.09. The summed E-state index contributed by atoms with van der Waals surface area (Å²) in [7, 11) is 1.51. The van der Waals surface area contributed by atoms with E-state index in [4.69, 9.17) is 13.9 Å². The summed E-state index contributed by atoms with van der Waals surface area (Å²) in [4.78, 5) is 37.0. The highest BCUT2D eigenvalue weighted by atomic mass is 16.6. The Morgan fingerprint density at radius 2 is 1.87 bits per heavy atom. The number of nitro groups is 1. The molecule has 31 heavy (non-hydrogen) atoms. The van der Waals surface area contributed by atoms with Crippen molar-refractivity contribution in [1.29, 1.82) is 0 Å². The predicted molar refractivity (Wildman–Crippen MR) is 113 cm³/mol. The van der Waals surface area contributed by atoms with Gasteiger partial charge in [0.1, 0.15) is 17.3 Å². The Morgan fingerprint density at radius 3 is 2.52 bits per heavy atom. The van der Waals surface area contributed by atoms with Gasteiger partial charge in [-0.2, -0.15) is 0 Å². The number of nitrogens with zero attached hydrogens (tertiary/aromatic N) is 1. The van der Waals surface area contributed by atoms with Crippen molar-refractivity contribution in [3.05, 3.63) is 76.0 Å². The van der Waals surface area contributed by atoms with Crippen molar-refractivity contribution >= 4 is 22.7 Å². The average molecular weight is 425 g/mol. The molecular weight excluding hydrogens is 402 g/mol. The highest BCUT2D eigenvalue weighted by Crippen LogP contribution is 2.34. The number of methoxy groups -OCH3 is 1. The van der Waals surface area contributed by atoms with Gasteiger partial charge in [0.2, 0.25) is 6.54 Å². The molecule has 0 bridgehead atoms. The number of esters is 1. The minimum absolute atomic E-state index is 0.00172. The lowest BCUT2D eigenvalue weighted by atomic mass is 9.79. The summed E-state index contributed by atoms with van der Waals surface area (Å²) in [5.41, 5.74) is 1.58. The van der Waals surface area contributed by atoms with Crippen LogP contribution >= 0.6 is 0 Å². The average Bonchev–Trinajstić information content (AvgIpc) is 3.24. The summed E-state index contributed by atoms with van der Waals surface area (Å²) in [6, 6.07) is 13.4. The largest absolute Gasteiger partial charge is 0.497 e. The molecule has 162 valence electrons. The Balaban J connectivity index is 2.05. The van der Waals surface area contributed by atoms with Gasteiger partial charge in [-0.25, -0.2) is 0 Å². The molecule has 8 heteroatoms. The van der Waals surface area contributed by atoms with Crippen LogP contribution < -0.4 is 4.74 Å². The van der Waals surface area contributed by atoms with Crippen molar-refractivity contribution < 1.29 is 28.4 Å². The van der Waals surface area contributed by atoms with E-state index in [-0.39, 0.29) is 19.6 Å². The van der Waals surface area contributed by atoms with Gasteiger partial charge < -0.3 is 13.9 Å². The lowest BCUT2D eigenvalue weighted by molar-refractivity contribution is -0.481. The summed E-state index contributed by atoms with van der Waals surface area (Å²) in [6.07, 6.45) is 1.54. The van der Waals surface area contributed by atoms with Crippen LogP contribution in [0.5, 0.6) is 5.75 Å². The molecule has 2 unspecified atom stereocenters. The van der Waals surface area contributed by atoms with Crippen molar-refractivity contribution in [2.75, 3.05) is 20.3 Å². The van der Waals surface area contributed by atoms with Gasteiger partial charge in [0.25, 0.3) is 0 Å². The van der Waals surface area contributed by atoms with Crippen molar-refractivity contribution in [2.24, 2.45) is 5.92 Å². The van der Waals surface area contributed by atoms with E-state index in [9.17, 15) is 19.7 Å². The number of ether oxygens (including phenoxy) is 2. The molecule has 8 nitrogen and oxygen atoms in total. The monoisotopic (exact) mass is 425 g/mol. The number of benzene rings is 2. The smallest absolute Gasteiger partial charge is 0.317 e. The van der Waals surface area contributed by atoms with Crippen molar-refractivity contribution in [3.63, 3.8) is 0 Å². The zero-order valence-electron chi connectivity index (χ0n) is 17.3. The molecule has 0 saturated heterocycles. The molecule has 0 N–H and O–H groups in total. The van der Waals surface area contributed by atoms with Gasteiger partial charge in [-0.05, 0) is 55.0 Å². The Morgan fingerprint density at radius 1 is 1.13 bits per heavy atom. The Kier molecular flexibility index (Phi) is 7.02. The van der Waals surface area contributed by atoms with Gasteiger partial charge in [-0.15, -0.1) is 0 Å². The number of hydrogen-bond donors (Lipinski definition) is 0. The van der Waals surface area contributed by atoms with Crippen molar-refractivity contribution in [2.45, 2.75) is 19.3 Å². The van der Waals surface area contributed by atoms with E-state index in [0.717, 1.165) is 5.39 Å². The number of Topliss-reactive ketones (excluding diaryl/α,β-unsaturated/α-hetero) is 1. The second-order valence-corrected chi connectivity index (χ2v) is 6.99. The normalized spacial score (nSPS) is 12.8. The van der Waals surface area contributed by atoms with Crippen molar-refractivity contribution in [1.82, 2.24) is 0 Å². The maximum atomic E-state index is 13.4. The summed E-state index contributed by atoms with van der Waals surface area (Å²) >= 11 is 0. The van der Waals surface area contributed by atoms with Crippen LogP contribution in [0.2, 0.25) is 0 Å². The molecule has 1 aromatic heterocycles. The minimum Gasteiger partial charge on any atom is -0.497 e. The molecule has 3 aromatic rings. The van der Waals surface area contributed by atoms with Crippen LogP contribution in [0.25, 0.3) is 11.0 Å². The highest BCUT2D eigenvalue weighted by Gasteiger charge is 2.38. The van der Waals surface area contributed by atoms with Crippen LogP contribution in [0, 0.1) is 16.0 Å². The Bertz CT molecular complexity index is 1070. The lowest BCUT2D eigenvalue weighted by Crippen LogP contribution is -2.33. The molecule has 1 heterocycles. The van der Waals surface area contributed by atoms with Gasteiger partial charge in [0.05, 0.1) is 20.0 Å². The molecule has 2 aromatic carbocycles. The zero-order chi connectivity index (χ0) is 22.4. The second-order valence-electron chi connectivity index (χ2n) is 6.99. The van der Waals surface area contributed by atoms with E-state index in [1.54, 1.807) is 55.5 Å². The minimum atomic E-state index is -1.22. The van der Waals surface area contributed by atoms with Gasteiger partial charge in [0, 0.05) is 28.2 Å². The Hall–Kier alpha value is -3.68. The topological polar surface area (TPSA) is 109 Å². The first-order valence-corrected chi connectivity index (χ1v) is 9.88. The molecule has 0 saturated carbocycles. The molecule has 0 aliphatic carbocycles. The van der Waals surface area contributed by atoms with E-state index in [0.29, 0.717) is 22.5 Å². The SMILES string of the molecule is CCOC(=O)C(C(=O)c1ccc(OC)cc1)C(CC[N+](=O)[O-])c1ccc2occc2c1. The van der Waals surface area contributed by atoms with Crippen LogP contribution in [0.15, 0.2) is 59.2 Å². The van der Waals surface area contributed by atoms with E-state index in [1.165, 1.54) is 13.4 Å². The summed E-state index contributed by atoms with van der Waals surface area (Å²) in [5, 5.41) is 11.9. The van der Waals surface area contributed by atoms with Crippen LogP contribution in [-0.2, 0) is 9.53 Å². The first-order valence-electron chi connectivity index (χ1n) is 9.88. The number of fused-ring (bicyclic) bond motifs is 1. The van der Waals surface area contributed by atoms with Gasteiger partial charge in [-0.1, -0.05) is 6.07 Å². The fourth-order valence-electron chi connectivity index (χ4n) is 3.61. The van der Waals surface area contributed by atoms with E-state index in [1.807, 2.05) is 0 Å². The number of furan rings is 1. The van der Waals surface area contributed by atoms with Crippen LogP contribution in [0.3, 0.4) is 0 Å². The van der Waals surface area contributed by atoms with Crippen LogP contribution in [0.4, 0.5) is 0 Å². The number of carbonyl (C=O) groups excluding carboxylic acids is 2. The first kappa shape index (κ1) is 22.0. The predicted octanol–water partition coefficient (Wildman–Crippen LogP) is 4.25. The van der Waals surface area contributed by atoms with Gasteiger partial charge in [-0.3, -0.25) is 19.7 Å². The van der Waals surface area contributed by atoms with Gasteiger partial charge >= 0.3 is 5.97 Å². The third-order valence-corrected chi connectivity index (χ3v) is 5.13. The second kappa shape index (κ2) is 9.88. The Labute approximate surface area is 178 Å². The molecular formula is C23H23NO7. The maximum absolute atomic E-state index is 13.4. The molecule has 0 radical (unpaired) electrons. The van der Waals surface area contributed by atoms with Gasteiger partial charge in [0.15, 0.2) is 5.78 Å².